The molecule has 2 nitrogen and oxygen atoms in total. The van der Waals surface area contributed by atoms with Gasteiger partial charge in [-0.2, -0.15) is 0 Å². The van der Waals surface area contributed by atoms with Crippen LogP contribution in [0, 0.1) is 11.8 Å². The first-order valence-electron chi connectivity index (χ1n) is 7.19. The molecule has 0 saturated heterocycles. The Labute approximate surface area is 121 Å². The van der Waals surface area contributed by atoms with Crippen LogP contribution in [0.4, 0.5) is 0 Å². The first kappa shape index (κ1) is 14.8. The molecule has 0 heterocycles. The van der Waals surface area contributed by atoms with Gasteiger partial charge in [0.2, 0.25) is 0 Å². The minimum Gasteiger partial charge on any atom is -0.373 e. The van der Waals surface area contributed by atoms with Gasteiger partial charge in [-0.25, -0.2) is 0 Å². The molecule has 1 aliphatic rings. The monoisotopic (exact) mass is 281 g/mol. The zero-order chi connectivity index (χ0) is 13.8. The molecule has 1 fully saturated rings. The van der Waals surface area contributed by atoms with Gasteiger partial charge >= 0.3 is 0 Å². The second-order valence-electron chi connectivity index (χ2n) is 5.83. The lowest BCUT2D eigenvalue weighted by Crippen LogP contribution is -2.26. The largest absolute Gasteiger partial charge is 0.373 e. The molecule has 2 N–H and O–H groups in total. The van der Waals surface area contributed by atoms with Gasteiger partial charge in [-0.1, -0.05) is 37.6 Å². The summed E-state index contributed by atoms with van der Waals surface area (Å²) < 4.78 is 6.03. The quantitative estimate of drug-likeness (QED) is 0.900. The van der Waals surface area contributed by atoms with Gasteiger partial charge in [0.05, 0.1) is 12.7 Å². The Kier molecular flexibility index (Phi) is 5.26. The summed E-state index contributed by atoms with van der Waals surface area (Å²) in [5.74, 6) is 1.58. The Balaban J connectivity index is 1.88. The summed E-state index contributed by atoms with van der Waals surface area (Å²) in [5.41, 5.74) is 7.72. The molecule has 106 valence electrons. The van der Waals surface area contributed by atoms with Gasteiger partial charge in [-0.3, -0.25) is 0 Å². The topological polar surface area (TPSA) is 35.2 Å². The number of nitrogens with two attached hydrogens (primary N) is 1. The minimum absolute atomic E-state index is 0.386. The van der Waals surface area contributed by atoms with Crippen LogP contribution in [-0.4, -0.2) is 6.10 Å². The maximum absolute atomic E-state index is 6.24. The Morgan fingerprint density at radius 2 is 2.05 bits per heavy atom. The normalized spacial score (nSPS) is 27.5. The van der Waals surface area contributed by atoms with E-state index in [0.717, 1.165) is 28.0 Å². The molecule has 19 heavy (non-hydrogen) atoms. The fourth-order valence-corrected chi connectivity index (χ4v) is 2.95. The fourth-order valence-electron chi connectivity index (χ4n) is 2.69. The fraction of sp³-hybridized carbons (Fsp3) is 0.625. The average Bonchev–Trinajstić information content (AvgIpc) is 2.41. The highest BCUT2D eigenvalue weighted by atomic mass is 35.5. The second kappa shape index (κ2) is 6.74. The molecule has 0 amide bonds. The predicted molar refractivity (Wildman–Crippen MR) is 80.1 cm³/mol. The molecule has 0 aliphatic heterocycles. The van der Waals surface area contributed by atoms with Crippen molar-refractivity contribution in [3.63, 3.8) is 0 Å². The third-order valence-corrected chi connectivity index (χ3v) is 4.73. The van der Waals surface area contributed by atoms with Crippen LogP contribution >= 0.6 is 11.6 Å². The first-order valence-corrected chi connectivity index (χ1v) is 7.57. The summed E-state index contributed by atoms with van der Waals surface area (Å²) in [5, 5.41) is 0.764. The van der Waals surface area contributed by atoms with Crippen LogP contribution in [0.25, 0.3) is 0 Å². The van der Waals surface area contributed by atoms with E-state index >= 15 is 0 Å². The van der Waals surface area contributed by atoms with E-state index < -0.39 is 0 Å². The number of hydrogen-bond donors (Lipinski definition) is 1. The molecule has 3 unspecified atom stereocenters. The van der Waals surface area contributed by atoms with E-state index in [1.54, 1.807) is 0 Å². The molecule has 3 atom stereocenters. The van der Waals surface area contributed by atoms with Crippen molar-refractivity contribution >= 4 is 11.6 Å². The van der Waals surface area contributed by atoms with E-state index in [4.69, 9.17) is 22.1 Å². The molecule has 0 radical (unpaired) electrons. The van der Waals surface area contributed by atoms with Crippen molar-refractivity contribution in [2.45, 2.75) is 52.4 Å². The Bertz CT molecular complexity index is 421. The van der Waals surface area contributed by atoms with Gasteiger partial charge in [-0.15, -0.1) is 0 Å². The highest BCUT2D eigenvalue weighted by Gasteiger charge is 2.25. The van der Waals surface area contributed by atoms with E-state index in [0.29, 0.717) is 19.3 Å². The van der Waals surface area contributed by atoms with E-state index in [-0.39, 0.29) is 0 Å². The second-order valence-corrected chi connectivity index (χ2v) is 6.24. The van der Waals surface area contributed by atoms with Crippen LogP contribution in [-0.2, 0) is 17.9 Å². The van der Waals surface area contributed by atoms with Crippen molar-refractivity contribution < 1.29 is 4.74 Å². The Hall–Kier alpha value is -0.570. The van der Waals surface area contributed by atoms with Crippen molar-refractivity contribution in [3.05, 3.63) is 34.3 Å². The maximum atomic E-state index is 6.24. The predicted octanol–water partition coefficient (Wildman–Crippen LogP) is 4.14. The van der Waals surface area contributed by atoms with Crippen molar-refractivity contribution in [1.29, 1.82) is 0 Å². The van der Waals surface area contributed by atoms with Crippen molar-refractivity contribution in [2.75, 3.05) is 0 Å². The Morgan fingerprint density at radius 1 is 1.26 bits per heavy atom. The summed E-state index contributed by atoms with van der Waals surface area (Å²) >= 11 is 6.24. The molecular formula is C16H24ClNO. The number of ether oxygens (including phenoxy) is 1. The molecule has 1 aromatic carbocycles. The van der Waals surface area contributed by atoms with Crippen LogP contribution in [0.3, 0.4) is 0 Å². The highest BCUT2D eigenvalue weighted by molar-refractivity contribution is 6.31. The Morgan fingerprint density at radius 3 is 2.68 bits per heavy atom. The lowest BCUT2D eigenvalue weighted by molar-refractivity contribution is -0.00742. The van der Waals surface area contributed by atoms with Crippen LogP contribution in [0.15, 0.2) is 18.2 Å². The first-order chi connectivity index (χ1) is 9.10. The zero-order valence-corrected chi connectivity index (χ0v) is 12.6. The van der Waals surface area contributed by atoms with Crippen LogP contribution in [0.5, 0.6) is 0 Å². The van der Waals surface area contributed by atoms with Gasteiger partial charge in [-0.05, 0) is 48.3 Å². The van der Waals surface area contributed by atoms with Crippen molar-refractivity contribution in [3.8, 4) is 0 Å². The third-order valence-electron chi connectivity index (χ3n) is 4.38. The molecule has 0 spiro atoms. The van der Waals surface area contributed by atoms with Gasteiger partial charge in [0.15, 0.2) is 0 Å². The summed E-state index contributed by atoms with van der Waals surface area (Å²) in [6.45, 7) is 5.79. The van der Waals surface area contributed by atoms with Gasteiger partial charge in [0.25, 0.3) is 0 Å². The van der Waals surface area contributed by atoms with Crippen molar-refractivity contribution in [1.82, 2.24) is 0 Å². The lowest BCUT2D eigenvalue weighted by atomic mass is 9.80. The minimum atomic E-state index is 0.386. The summed E-state index contributed by atoms with van der Waals surface area (Å²) in [6, 6.07) is 5.99. The van der Waals surface area contributed by atoms with E-state index in [1.165, 1.54) is 19.3 Å². The number of halogens is 1. The highest BCUT2D eigenvalue weighted by Crippen LogP contribution is 2.31. The number of benzene rings is 1. The summed E-state index contributed by atoms with van der Waals surface area (Å²) in [4.78, 5) is 0. The van der Waals surface area contributed by atoms with Gasteiger partial charge < -0.3 is 10.5 Å². The van der Waals surface area contributed by atoms with Crippen LogP contribution in [0.1, 0.15) is 44.2 Å². The molecule has 1 aromatic rings. The number of hydrogen-bond acceptors (Lipinski definition) is 2. The van der Waals surface area contributed by atoms with Gasteiger partial charge in [0.1, 0.15) is 0 Å². The third kappa shape index (κ3) is 3.95. The molecule has 2 rings (SSSR count). The molecule has 0 bridgehead atoms. The molecule has 3 heteroatoms. The van der Waals surface area contributed by atoms with Crippen LogP contribution < -0.4 is 5.73 Å². The molecule has 1 saturated carbocycles. The van der Waals surface area contributed by atoms with E-state index in [9.17, 15) is 0 Å². The van der Waals surface area contributed by atoms with E-state index in [1.807, 2.05) is 18.2 Å². The molecular weight excluding hydrogens is 258 g/mol. The number of rotatable bonds is 4. The molecule has 1 aliphatic carbocycles. The standard InChI is InChI=1S/C16H24ClNO/c1-11-3-6-15(7-12(11)2)19-10-14-5-4-13(9-18)8-16(14)17/h4-5,8,11-12,15H,3,6-7,9-10,18H2,1-2H3. The smallest absolute Gasteiger partial charge is 0.0735 e. The lowest BCUT2D eigenvalue weighted by Gasteiger charge is -2.32. The summed E-state index contributed by atoms with van der Waals surface area (Å²) in [7, 11) is 0. The SMILES string of the molecule is CC1CCC(OCc2ccc(CN)cc2Cl)CC1C. The maximum Gasteiger partial charge on any atom is 0.0735 e. The van der Waals surface area contributed by atoms with Crippen LogP contribution in [0.2, 0.25) is 5.02 Å². The average molecular weight is 282 g/mol. The zero-order valence-electron chi connectivity index (χ0n) is 11.9. The summed E-state index contributed by atoms with van der Waals surface area (Å²) in [6.07, 6.45) is 3.99. The molecule has 0 aromatic heterocycles. The van der Waals surface area contributed by atoms with Gasteiger partial charge in [0, 0.05) is 11.6 Å². The van der Waals surface area contributed by atoms with E-state index in [2.05, 4.69) is 13.8 Å². The van der Waals surface area contributed by atoms with Crippen molar-refractivity contribution in [2.24, 2.45) is 17.6 Å².